The Morgan fingerprint density at radius 1 is 1.47 bits per heavy atom. The highest BCUT2D eigenvalue weighted by Crippen LogP contribution is 2.21. The van der Waals surface area contributed by atoms with E-state index in [1.165, 1.54) is 12.2 Å². The summed E-state index contributed by atoms with van der Waals surface area (Å²) in [5.74, 6) is 2.63. The summed E-state index contributed by atoms with van der Waals surface area (Å²) in [5.41, 5.74) is 0.667. The number of rotatable bonds is 4. The molecule has 1 saturated heterocycles. The number of carbonyl (C=O) groups is 1. The van der Waals surface area contributed by atoms with Gasteiger partial charge in [-0.25, -0.2) is 0 Å². The maximum atomic E-state index is 12.0. The number of nitrogens with zero attached hydrogens (tertiary/aromatic N) is 1. The lowest BCUT2D eigenvalue weighted by Gasteiger charge is -2.22. The number of aromatic hydroxyl groups is 1. The fourth-order valence-electron chi connectivity index (χ4n) is 1.96. The molecule has 17 heavy (non-hydrogen) atoms. The van der Waals surface area contributed by atoms with E-state index in [-0.39, 0.29) is 11.5 Å². The van der Waals surface area contributed by atoms with Gasteiger partial charge in [0.15, 0.2) is 5.78 Å². The van der Waals surface area contributed by atoms with Crippen LogP contribution in [0, 0.1) is 0 Å². The molecule has 0 radical (unpaired) electrons. The topological polar surface area (TPSA) is 40.5 Å². The second kappa shape index (κ2) is 5.56. The SMILES string of the molecule is CN(CC(=O)c1ccc(O)cc1)C1CCSC1. The first-order valence-corrected chi connectivity index (χ1v) is 6.92. The minimum atomic E-state index is 0.115. The van der Waals surface area contributed by atoms with E-state index in [1.807, 2.05) is 18.8 Å². The van der Waals surface area contributed by atoms with Crippen molar-refractivity contribution in [3.63, 3.8) is 0 Å². The summed E-state index contributed by atoms with van der Waals surface area (Å²) >= 11 is 1.95. The number of Topliss-reactive ketones (excluding diaryl/α,β-unsaturated/α-hetero) is 1. The summed E-state index contributed by atoms with van der Waals surface area (Å²) in [7, 11) is 2.01. The molecule has 1 aliphatic rings. The highest BCUT2D eigenvalue weighted by atomic mass is 32.2. The fraction of sp³-hybridized carbons (Fsp3) is 0.462. The second-order valence-corrected chi connectivity index (χ2v) is 5.55. The van der Waals surface area contributed by atoms with Crippen molar-refractivity contribution in [2.45, 2.75) is 12.5 Å². The molecule has 1 unspecified atom stereocenters. The highest BCUT2D eigenvalue weighted by molar-refractivity contribution is 7.99. The van der Waals surface area contributed by atoms with Crippen molar-refractivity contribution in [2.24, 2.45) is 0 Å². The molecular weight excluding hydrogens is 234 g/mol. The lowest BCUT2D eigenvalue weighted by atomic mass is 10.1. The smallest absolute Gasteiger partial charge is 0.176 e. The number of likely N-dealkylation sites (N-methyl/N-ethyl adjacent to an activating group) is 1. The van der Waals surface area contributed by atoms with Crippen LogP contribution in [0.5, 0.6) is 5.75 Å². The van der Waals surface area contributed by atoms with E-state index in [0.717, 1.165) is 5.75 Å². The van der Waals surface area contributed by atoms with E-state index in [1.54, 1.807) is 24.3 Å². The zero-order chi connectivity index (χ0) is 12.3. The summed E-state index contributed by atoms with van der Waals surface area (Å²) < 4.78 is 0. The summed E-state index contributed by atoms with van der Waals surface area (Å²) in [4.78, 5) is 14.1. The molecule has 1 aliphatic heterocycles. The van der Waals surface area contributed by atoms with Crippen LogP contribution < -0.4 is 0 Å². The maximum Gasteiger partial charge on any atom is 0.176 e. The van der Waals surface area contributed by atoms with Gasteiger partial charge in [0.05, 0.1) is 6.54 Å². The van der Waals surface area contributed by atoms with Crippen LogP contribution in [0.4, 0.5) is 0 Å². The normalized spacial score (nSPS) is 19.8. The Labute approximate surface area is 106 Å². The third-order valence-corrected chi connectivity index (χ3v) is 4.26. The molecule has 2 rings (SSSR count). The molecule has 0 amide bonds. The van der Waals surface area contributed by atoms with Crippen molar-refractivity contribution in [3.8, 4) is 5.75 Å². The first kappa shape index (κ1) is 12.5. The van der Waals surface area contributed by atoms with E-state index in [0.29, 0.717) is 18.2 Å². The molecule has 0 aromatic heterocycles. The van der Waals surface area contributed by atoms with Gasteiger partial charge in [-0.05, 0) is 43.5 Å². The number of ketones is 1. The lowest BCUT2D eigenvalue weighted by molar-refractivity contribution is 0.0927. The van der Waals surface area contributed by atoms with Crippen molar-refractivity contribution >= 4 is 17.5 Å². The van der Waals surface area contributed by atoms with Crippen molar-refractivity contribution in [3.05, 3.63) is 29.8 Å². The molecule has 3 nitrogen and oxygen atoms in total. The molecule has 4 heteroatoms. The van der Waals surface area contributed by atoms with Gasteiger partial charge in [-0.1, -0.05) is 0 Å². The van der Waals surface area contributed by atoms with Crippen LogP contribution in [0.1, 0.15) is 16.8 Å². The van der Waals surface area contributed by atoms with Gasteiger partial charge in [0.2, 0.25) is 0 Å². The first-order valence-electron chi connectivity index (χ1n) is 5.77. The third-order valence-electron chi connectivity index (χ3n) is 3.11. The van der Waals surface area contributed by atoms with Gasteiger partial charge in [-0.2, -0.15) is 11.8 Å². The monoisotopic (exact) mass is 251 g/mol. The van der Waals surface area contributed by atoms with Crippen LogP contribution in [0.2, 0.25) is 0 Å². The van der Waals surface area contributed by atoms with Crippen molar-refractivity contribution in [1.82, 2.24) is 4.90 Å². The number of phenols is 1. The molecule has 1 heterocycles. The number of hydrogen-bond acceptors (Lipinski definition) is 4. The van der Waals surface area contributed by atoms with Crippen LogP contribution >= 0.6 is 11.8 Å². The molecule has 1 aromatic carbocycles. The molecule has 0 spiro atoms. The van der Waals surface area contributed by atoms with Gasteiger partial charge >= 0.3 is 0 Å². The van der Waals surface area contributed by atoms with E-state index in [2.05, 4.69) is 4.90 Å². The molecule has 1 fully saturated rings. The van der Waals surface area contributed by atoms with Gasteiger partial charge in [0.25, 0.3) is 0 Å². The van der Waals surface area contributed by atoms with Crippen LogP contribution in [-0.4, -0.2) is 46.9 Å². The minimum absolute atomic E-state index is 0.115. The van der Waals surface area contributed by atoms with E-state index in [9.17, 15) is 4.79 Å². The van der Waals surface area contributed by atoms with Gasteiger partial charge < -0.3 is 5.11 Å². The Hall–Kier alpha value is -1.00. The first-order chi connectivity index (χ1) is 8.16. The molecular formula is C13H17NO2S. The van der Waals surface area contributed by atoms with Crippen LogP contribution in [0.3, 0.4) is 0 Å². The molecule has 0 saturated carbocycles. The van der Waals surface area contributed by atoms with Crippen LogP contribution in [-0.2, 0) is 0 Å². The number of carbonyl (C=O) groups excluding carboxylic acids is 1. The van der Waals surface area contributed by atoms with E-state index < -0.39 is 0 Å². The molecule has 0 aliphatic carbocycles. The Kier molecular flexibility index (Phi) is 4.07. The quantitative estimate of drug-likeness (QED) is 0.831. The largest absolute Gasteiger partial charge is 0.508 e. The van der Waals surface area contributed by atoms with Gasteiger partial charge in [0, 0.05) is 17.4 Å². The van der Waals surface area contributed by atoms with Crippen molar-refractivity contribution in [2.75, 3.05) is 25.1 Å². The summed E-state index contributed by atoms with van der Waals surface area (Å²) in [5, 5.41) is 9.17. The standard InChI is InChI=1S/C13H17NO2S/c1-14(11-6-7-17-9-11)8-13(16)10-2-4-12(15)5-3-10/h2-5,11,15H,6-9H2,1H3. The predicted octanol–water partition coefficient (Wildman–Crippen LogP) is 2.01. The highest BCUT2D eigenvalue weighted by Gasteiger charge is 2.21. The van der Waals surface area contributed by atoms with Gasteiger partial charge in [0.1, 0.15) is 5.75 Å². The summed E-state index contributed by atoms with van der Waals surface area (Å²) in [6, 6.07) is 6.99. The fourth-order valence-corrected chi connectivity index (χ4v) is 3.26. The average molecular weight is 251 g/mol. The Bertz CT molecular complexity index is 385. The number of benzene rings is 1. The Balaban J connectivity index is 1.94. The summed E-state index contributed by atoms with van der Waals surface area (Å²) in [6.07, 6.45) is 1.17. The number of thioether (sulfide) groups is 1. The molecule has 1 N–H and O–H groups in total. The summed E-state index contributed by atoms with van der Waals surface area (Å²) in [6.45, 7) is 0.454. The number of phenolic OH excluding ortho intramolecular Hbond substituents is 1. The third kappa shape index (κ3) is 3.23. The predicted molar refractivity (Wildman–Crippen MR) is 70.8 cm³/mol. The molecule has 1 aromatic rings. The Morgan fingerprint density at radius 3 is 2.76 bits per heavy atom. The van der Waals surface area contributed by atoms with Crippen LogP contribution in [0.25, 0.3) is 0 Å². The van der Waals surface area contributed by atoms with E-state index >= 15 is 0 Å². The maximum absolute atomic E-state index is 12.0. The van der Waals surface area contributed by atoms with Crippen molar-refractivity contribution < 1.29 is 9.90 Å². The van der Waals surface area contributed by atoms with Crippen LogP contribution in [0.15, 0.2) is 24.3 Å². The second-order valence-electron chi connectivity index (χ2n) is 4.40. The molecule has 1 atom stereocenters. The molecule has 0 bridgehead atoms. The lowest BCUT2D eigenvalue weighted by Crippen LogP contribution is -2.35. The zero-order valence-electron chi connectivity index (χ0n) is 9.93. The molecule has 92 valence electrons. The Morgan fingerprint density at radius 2 is 2.18 bits per heavy atom. The van der Waals surface area contributed by atoms with E-state index in [4.69, 9.17) is 5.11 Å². The zero-order valence-corrected chi connectivity index (χ0v) is 10.7. The van der Waals surface area contributed by atoms with Gasteiger partial charge in [-0.15, -0.1) is 0 Å². The van der Waals surface area contributed by atoms with Crippen molar-refractivity contribution in [1.29, 1.82) is 0 Å². The average Bonchev–Trinajstić information content (AvgIpc) is 2.83. The van der Waals surface area contributed by atoms with Gasteiger partial charge in [-0.3, -0.25) is 9.69 Å². The minimum Gasteiger partial charge on any atom is -0.508 e. The number of hydrogen-bond donors (Lipinski definition) is 1.